The fraction of sp³-hybridized carbons (Fsp3) is 0.538. The van der Waals surface area contributed by atoms with Gasteiger partial charge in [-0.25, -0.2) is 0 Å². The average molecular weight is 220 g/mol. The van der Waals surface area contributed by atoms with Gasteiger partial charge in [-0.2, -0.15) is 0 Å². The second-order valence-corrected chi connectivity index (χ2v) is 9.02. The van der Waals surface area contributed by atoms with Crippen molar-refractivity contribution in [3.05, 3.63) is 30.3 Å². The number of hydrogen-bond donors (Lipinski definition) is 0. The van der Waals surface area contributed by atoms with E-state index < -0.39 is 8.32 Å². The van der Waals surface area contributed by atoms with E-state index in [1.165, 1.54) is 24.1 Å². The Labute approximate surface area is 93.6 Å². The Balaban J connectivity index is 2.34. The van der Waals surface area contributed by atoms with Crippen LogP contribution in [0, 0.1) is 0 Å². The Morgan fingerprint density at radius 3 is 2.40 bits per heavy atom. The van der Waals surface area contributed by atoms with E-state index >= 15 is 0 Å². The molecule has 1 aromatic rings. The van der Waals surface area contributed by atoms with Crippen molar-refractivity contribution < 1.29 is 4.43 Å². The Bertz CT molecular complexity index is 302. The third kappa shape index (κ3) is 2.01. The maximum atomic E-state index is 6.25. The van der Waals surface area contributed by atoms with Crippen molar-refractivity contribution in [2.75, 3.05) is 6.61 Å². The molecule has 1 heterocycles. The molecule has 15 heavy (non-hydrogen) atoms. The smallest absolute Gasteiger partial charge is 0.226 e. The van der Waals surface area contributed by atoms with Gasteiger partial charge in [0, 0.05) is 6.61 Å². The first-order valence-corrected chi connectivity index (χ1v) is 8.14. The van der Waals surface area contributed by atoms with Gasteiger partial charge in [-0.15, -0.1) is 0 Å². The molecule has 1 nitrogen and oxygen atoms in total. The van der Waals surface area contributed by atoms with Crippen molar-refractivity contribution in [3.63, 3.8) is 0 Å². The van der Waals surface area contributed by atoms with E-state index in [4.69, 9.17) is 4.43 Å². The van der Waals surface area contributed by atoms with E-state index in [1.807, 2.05) is 0 Å². The van der Waals surface area contributed by atoms with Crippen LogP contribution < -0.4 is 5.19 Å². The Morgan fingerprint density at radius 1 is 1.13 bits per heavy atom. The van der Waals surface area contributed by atoms with Gasteiger partial charge >= 0.3 is 0 Å². The van der Waals surface area contributed by atoms with Crippen LogP contribution in [0.3, 0.4) is 0 Å². The van der Waals surface area contributed by atoms with Gasteiger partial charge in [0.05, 0.1) is 0 Å². The SMILES string of the molecule is CC(C)[Si]1(c2ccccc2)CCCCO1. The number of hydrogen-bond acceptors (Lipinski definition) is 1. The highest BCUT2D eigenvalue weighted by atomic mass is 28.4. The molecule has 0 saturated carbocycles. The Kier molecular flexibility index (Phi) is 3.27. The molecule has 82 valence electrons. The summed E-state index contributed by atoms with van der Waals surface area (Å²) >= 11 is 0. The van der Waals surface area contributed by atoms with Crippen molar-refractivity contribution in [2.45, 2.75) is 38.3 Å². The highest BCUT2D eigenvalue weighted by Gasteiger charge is 2.41. The molecular weight excluding hydrogens is 200 g/mol. The average Bonchev–Trinajstić information content (AvgIpc) is 2.31. The molecule has 0 aromatic heterocycles. The van der Waals surface area contributed by atoms with Gasteiger partial charge in [0.25, 0.3) is 0 Å². The lowest BCUT2D eigenvalue weighted by atomic mass is 10.3. The van der Waals surface area contributed by atoms with Crippen LogP contribution in [-0.2, 0) is 4.43 Å². The highest BCUT2D eigenvalue weighted by Crippen LogP contribution is 2.31. The normalized spacial score (nSPS) is 26.9. The second-order valence-electron chi connectivity index (χ2n) is 4.72. The Morgan fingerprint density at radius 2 is 1.87 bits per heavy atom. The van der Waals surface area contributed by atoms with Crippen molar-refractivity contribution in [1.29, 1.82) is 0 Å². The lowest BCUT2D eigenvalue weighted by molar-refractivity contribution is 0.269. The summed E-state index contributed by atoms with van der Waals surface area (Å²) in [5, 5.41) is 1.49. The molecule has 1 aromatic carbocycles. The molecule has 0 N–H and O–H groups in total. The summed E-state index contributed by atoms with van der Waals surface area (Å²) in [5.74, 6) is 0. The van der Waals surface area contributed by atoms with Gasteiger partial charge in [0.15, 0.2) is 0 Å². The standard InChI is InChI=1S/C13H20OSi/c1-12(2)15(11-7-6-10-14-15)13-8-4-3-5-9-13/h3-5,8-9,12H,6-7,10-11H2,1-2H3. The van der Waals surface area contributed by atoms with Gasteiger partial charge in [-0.05, 0) is 23.2 Å². The zero-order chi connectivity index (χ0) is 10.7. The van der Waals surface area contributed by atoms with Crippen molar-refractivity contribution in [1.82, 2.24) is 0 Å². The summed E-state index contributed by atoms with van der Waals surface area (Å²) in [5.41, 5.74) is 0.681. The molecule has 0 spiro atoms. The van der Waals surface area contributed by atoms with Gasteiger partial charge in [-0.1, -0.05) is 50.6 Å². The topological polar surface area (TPSA) is 9.23 Å². The fourth-order valence-electron chi connectivity index (χ4n) is 2.55. The first-order valence-electron chi connectivity index (χ1n) is 5.95. The van der Waals surface area contributed by atoms with Gasteiger partial charge in [0.2, 0.25) is 8.32 Å². The summed E-state index contributed by atoms with van der Waals surface area (Å²) < 4.78 is 6.25. The summed E-state index contributed by atoms with van der Waals surface area (Å²) in [6.45, 7) is 5.62. The molecular formula is C13H20OSi. The summed E-state index contributed by atoms with van der Waals surface area (Å²) in [7, 11) is -1.64. The second kappa shape index (κ2) is 4.50. The van der Waals surface area contributed by atoms with Crippen LogP contribution in [0.2, 0.25) is 11.6 Å². The van der Waals surface area contributed by atoms with Crippen LogP contribution in [-0.4, -0.2) is 14.9 Å². The van der Waals surface area contributed by atoms with Crippen LogP contribution in [0.1, 0.15) is 26.7 Å². The van der Waals surface area contributed by atoms with E-state index in [0.717, 1.165) is 6.61 Å². The molecule has 1 aliphatic heterocycles. The predicted octanol–water partition coefficient (Wildman–Crippen LogP) is 3.06. The molecule has 1 atom stereocenters. The van der Waals surface area contributed by atoms with Crippen LogP contribution in [0.15, 0.2) is 30.3 Å². The quantitative estimate of drug-likeness (QED) is 0.696. The molecule has 2 heteroatoms. The zero-order valence-electron chi connectivity index (χ0n) is 9.70. The van der Waals surface area contributed by atoms with Crippen LogP contribution >= 0.6 is 0 Å². The van der Waals surface area contributed by atoms with Crippen LogP contribution in [0.4, 0.5) is 0 Å². The van der Waals surface area contributed by atoms with Gasteiger partial charge in [-0.3, -0.25) is 0 Å². The molecule has 1 unspecified atom stereocenters. The summed E-state index contributed by atoms with van der Waals surface area (Å²) in [6.07, 6.45) is 2.59. The highest BCUT2D eigenvalue weighted by molar-refractivity contribution is 6.87. The third-order valence-corrected chi connectivity index (χ3v) is 8.49. The maximum Gasteiger partial charge on any atom is 0.226 e. The molecule has 2 rings (SSSR count). The van der Waals surface area contributed by atoms with Gasteiger partial charge in [0.1, 0.15) is 0 Å². The third-order valence-electron chi connectivity index (χ3n) is 3.50. The molecule has 0 aliphatic carbocycles. The fourth-order valence-corrected chi connectivity index (χ4v) is 6.77. The zero-order valence-corrected chi connectivity index (χ0v) is 10.7. The minimum Gasteiger partial charge on any atom is -0.412 e. The summed E-state index contributed by atoms with van der Waals surface area (Å²) in [4.78, 5) is 0. The molecule has 0 amide bonds. The molecule has 1 aliphatic rings. The minimum atomic E-state index is -1.64. The maximum absolute atomic E-state index is 6.25. The Hall–Kier alpha value is -0.603. The van der Waals surface area contributed by atoms with Crippen molar-refractivity contribution >= 4 is 13.5 Å². The van der Waals surface area contributed by atoms with Crippen molar-refractivity contribution in [3.8, 4) is 0 Å². The van der Waals surface area contributed by atoms with E-state index in [9.17, 15) is 0 Å². The molecule has 1 saturated heterocycles. The molecule has 0 radical (unpaired) electrons. The summed E-state index contributed by atoms with van der Waals surface area (Å²) in [6, 6.07) is 12.2. The monoisotopic (exact) mass is 220 g/mol. The predicted molar refractivity (Wildman–Crippen MR) is 66.9 cm³/mol. The minimum absolute atomic E-state index is 0.681. The lowest BCUT2D eigenvalue weighted by Gasteiger charge is -2.38. The number of rotatable bonds is 2. The first kappa shape index (κ1) is 10.9. The van der Waals surface area contributed by atoms with E-state index in [0.29, 0.717) is 5.54 Å². The molecule has 0 bridgehead atoms. The van der Waals surface area contributed by atoms with Crippen LogP contribution in [0.25, 0.3) is 0 Å². The van der Waals surface area contributed by atoms with E-state index in [-0.39, 0.29) is 0 Å². The molecule has 1 fully saturated rings. The van der Waals surface area contributed by atoms with Crippen molar-refractivity contribution in [2.24, 2.45) is 0 Å². The van der Waals surface area contributed by atoms with Gasteiger partial charge < -0.3 is 4.43 Å². The van der Waals surface area contributed by atoms with E-state index in [2.05, 4.69) is 44.2 Å². The largest absolute Gasteiger partial charge is 0.412 e. The lowest BCUT2D eigenvalue weighted by Crippen LogP contribution is -2.55. The number of benzene rings is 1. The first-order chi connectivity index (χ1) is 7.26. The van der Waals surface area contributed by atoms with Crippen LogP contribution in [0.5, 0.6) is 0 Å². The van der Waals surface area contributed by atoms with E-state index in [1.54, 1.807) is 0 Å².